The molecule has 0 spiro atoms. The Morgan fingerprint density at radius 3 is 2.79 bits per heavy atom. The largest absolute Gasteiger partial charge is 0.384 e. The minimum absolute atomic E-state index is 0.209. The van der Waals surface area contributed by atoms with E-state index < -0.39 is 0 Å². The van der Waals surface area contributed by atoms with Crippen LogP contribution in [0.3, 0.4) is 0 Å². The second-order valence-electron chi connectivity index (χ2n) is 4.92. The lowest BCUT2D eigenvalue weighted by Gasteiger charge is -2.27. The van der Waals surface area contributed by atoms with E-state index in [2.05, 4.69) is 31.3 Å². The van der Waals surface area contributed by atoms with Crippen LogP contribution < -0.4 is 5.32 Å². The van der Waals surface area contributed by atoms with Gasteiger partial charge in [0.2, 0.25) is 5.91 Å². The lowest BCUT2D eigenvalue weighted by Crippen LogP contribution is -2.41. The van der Waals surface area contributed by atoms with Crippen LogP contribution in [0.1, 0.15) is 17.5 Å². The number of carbonyl (C=O) groups excluding carboxylic acids is 1. The van der Waals surface area contributed by atoms with E-state index in [1.54, 1.807) is 0 Å². The lowest BCUT2D eigenvalue weighted by molar-refractivity contribution is -0.134. The number of carbonyl (C=O) groups is 1. The molecule has 104 valence electrons. The first-order chi connectivity index (χ1) is 9.18. The van der Waals surface area contributed by atoms with Crippen LogP contribution in [-0.2, 0) is 9.53 Å². The summed E-state index contributed by atoms with van der Waals surface area (Å²) in [4.78, 5) is 13.9. The molecule has 0 aliphatic carbocycles. The van der Waals surface area contributed by atoms with Gasteiger partial charge in [0.1, 0.15) is 0 Å². The number of rotatable bonds is 4. The Bertz CT molecular complexity index is 440. The van der Waals surface area contributed by atoms with E-state index >= 15 is 0 Å². The number of benzene rings is 1. The van der Waals surface area contributed by atoms with Crippen LogP contribution in [0.4, 0.5) is 5.69 Å². The summed E-state index contributed by atoms with van der Waals surface area (Å²) in [6.45, 7) is 7.65. The van der Waals surface area contributed by atoms with Gasteiger partial charge in [0.25, 0.3) is 0 Å². The molecule has 0 bridgehead atoms. The summed E-state index contributed by atoms with van der Waals surface area (Å²) in [5.41, 5.74) is 3.64. The lowest BCUT2D eigenvalue weighted by atomic mass is 10.1. The fourth-order valence-electron chi connectivity index (χ4n) is 2.22. The monoisotopic (exact) mass is 262 g/mol. The molecule has 1 aliphatic heterocycles. The minimum atomic E-state index is 0.209. The second-order valence-corrected chi connectivity index (χ2v) is 4.92. The van der Waals surface area contributed by atoms with E-state index in [1.807, 2.05) is 11.0 Å². The van der Waals surface area contributed by atoms with Gasteiger partial charge in [-0.1, -0.05) is 12.1 Å². The van der Waals surface area contributed by atoms with Crippen LogP contribution in [0.15, 0.2) is 18.2 Å². The fraction of sp³-hybridized carbons (Fsp3) is 0.533. The van der Waals surface area contributed by atoms with E-state index in [9.17, 15) is 4.79 Å². The maximum absolute atomic E-state index is 12.0. The molecule has 0 radical (unpaired) electrons. The van der Waals surface area contributed by atoms with Crippen molar-refractivity contribution >= 4 is 11.6 Å². The zero-order chi connectivity index (χ0) is 13.7. The predicted octanol–water partition coefficient (Wildman–Crippen LogP) is 1.96. The molecular formula is C15H22N2O2. The average molecular weight is 262 g/mol. The van der Waals surface area contributed by atoms with Crippen LogP contribution in [0.2, 0.25) is 0 Å². The molecule has 2 rings (SSSR count). The van der Waals surface area contributed by atoms with Crippen LogP contribution >= 0.6 is 0 Å². The zero-order valence-electron chi connectivity index (χ0n) is 11.7. The Balaban J connectivity index is 1.79. The molecule has 4 nitrogen and oxygen atoms in total. The van der Waals surface area contributed by atoms with Gasteiger partial charge in [-0.3, -0.25) is 4.79 Å². The van der Waals surface area contributed by atoms with Gasteiger partial charge in [-0.05, 0) is 31.0 Å². The first-order valence-corrected chi connectivity index (χ1v) is 6.84. The topological polar surface area (TPSA) is 41.6 Å². The van der Waals surface area contributed by atoms with Crippen molar-refractivity contribution in [3.8, 4) is 0 Å². The Kier molecular flexibility index (Phi) is 4.80. The van der Waals surface area contributed by atoms with E-state index in [-0.39, 0.29) is 5.91 Å². The highest BCUT2D eigenvalue weighted by Crippen LogP contribution is 2.17. The van der Waals surface area contributed by atoms with Crippen molar-refractivity contribution in [3.63, 3.8) is 0 Å². The van der Waals surface area contributed by atoms with E-state index in [0.29, 0.717) is 26.2 Å². The van der Waals surface area contributed by atoms with Crippen molar-refractivity contribution in [2.75, 3.05) is 38.2 Å². The normalized spacial score (nSPS) is 15.4. The summed E-state index contributed by atoms with van der Waals surface area (Å²) in [6.07, 6.45) is 0.535. The SMILES string of the molecule is Cc1cccc(NCCC(=O)N2CCOCC2)c1C. The quantitative estimate of drug-likeness (QED) is 0.902. The Morgan fingerprint density at radius 1 is 1.32 bits per heavy atom. The smallest absolute Gasteiger partial charge is 0.224 e. The maximum Gasteiger partial charge on any atom is 0.224 e. The molecule has 0 aromatic heterocycles. The number of aryl methyl sites for hydroxylation is 1. The Labute approximate surface area is 114 Å². The van der Waals surface area contributed by atoms with E-state index in [0.717, 1.165) is 18.8 Å². The molecule has 1 fully saturated rings. The first-order valence-electron chi connectivity index (χ1n) is 6.84. The molecule has 1 aliphatic rings. The Morgan fingerprint density at radius 2 is 2.05 bits per heavy atom. The van der Waals surface area contributed by atoms with Crippen molar-refractivity contribution in [1.82, 2.24) is 4.90 Å². The highest BCUT2D eigenvalue weighted by atomic mass is 16.5. The molecule has 1 aromatic carbocycles. The molecule has 1 heterocycles. The Hall–Kier alpha value is -1.55. The molecular weight excluding hydrogens is 240 g/mol. The number of hydrogen-bond donors (Lipinski definition) is 1. The molecule has 1 N–H and O–H groups in total. The minimum Gasteiger partial charge on any atom is -0.384 e. The van der Waals surface area contributed by atoms with Gasteiger partial charge < -0.3 is 15.0 Å². The molecule has 1 aromatic rings. The predicted molar refractivity (Wildman–Crippen MR) is 76.4 cm³/mol. The summed E-state index contributed by atoms with van der Waals surface area (Å²) >= 11 is 0. The van der Waals surface area contributed by atoms with E-state index in [1.165, 1.54) is 11.1 Å². The number of ether oxygens (including phenoxy) is 1. The summed E-state index contributed by atoms with van der Waals surface area (Å²) in [6, 6.07) is 6.19. The number of nitrogens with one attached hydrogen (secondary N) is 1. The van der Waals surface area contributed by atoms with Gasteiger partial charge in [-0.2, -0.15) is 0 Å². The number of nitrogens with zero attached hydrogens (tertiary/aromatic N) is 1. The number of anilines is 1. The van der Waals surface area contributed by atoms with Gasteiger partial charge in [0.05, 0.1) is 13.2 Å². The third kappa shape index (κ3) is 3.70. The molecule has 1 amide bonds. The van der Waals surface area contributed by atoms with Gasteiger partial charge in [-0.15, -0.1) is 0 Å². The standard InChI is InChI=1S/C15H22N2O2/c1-12-4-3-5-14(13(12)2)16-7-6-15(18)17-8-10-19-11-9-17/h3-5,16H,6-11H2,1-2H3. The molecule has 0 unspecified atom stereocenters. The molecule has 0 saturated carbocycles. The van der Waals surface area contributed by atoms with Crippen LogP contribution in [0.5, 0.6) is 0 Å². The zero-order valence-corrected chi connectivity index (χ0v) is 11.7. The van der Waals surface area contributed by atoms with E-state index in [4.69, 9.17) is 4.74 Å². The maximum atomic E-state index is 12.0. The van der Waals surface area contributed by atoms with Gasteiger partial charge in [0.15, 0.2) is 0 Å². The summed E-state index contributed by atoms with van der Waals surface area (Å²) in [5.74, 6) is 0.209. The van der Waals surface area contributed by atoms with Gasteiger partial charge >= 0.3 is 0 Å². The highest BCUT2D eigenvalue weighted by molar-refractivity contribution is 5.76. The third-order valence-corrected chi connectivity index (χ3v) is 3.62. The van der Waals surface area contributed by atoms with Gasteiger partial charge in [0, 0.05) is 31.7 Å². The number of hydrogen-bond acceptors (Lipinski definition) is 3. The van der Waals surface area contributed by atoms with Crippen molar-refractivity contribution in [2.45, 2.75) is 20.3 Å². The molecule has 19 heavy (non-hydrogen) atoms. The average Bonchev–Trinajstić information content (AvgIpc) is 2.44. The van der Waals surface area contributed by atoms with Crippen LogP contribution in [-0.4, -0.2) is 43.7 Å². The third-order valence-electron chi connectivity index (χ3n) is 3.62. The first kappa shape index (κ1) is 13.9. The number of amides is 1. The second kappa shape index (κ2) is 6.57. The van der Waals surface area contributed by atoms with Crippen LogP contribution in [0.25, 0.3) is 0 Å². The van der Waals surface area contributed by atoms with Crippen molar-refractivity contribution in [2.24, 2.45) is 0 Å². The molecule has 1 saturated heterocycles. The molecule has 4 heteroatoms. The van der Waals surface area contributed by atoms with Crippen molar-refractivity contribution in [1.29, 1.82) is 0 Å². The summed E-state index contributed by atoms with van der Waals surface area (Å²) < 4.78 is 5.24. The number of morpholine rings is 1. The van der Waals surface area contributed by atoms with Crippen LogP contribution in [0, 0.1) is 13.8 Å². The molecule has 0 atom stereocenters. The highest BCUT2D eigenvalue weighted by Gasteiger charge is 2.16. The summed E-state index contributed by atoms with van der Waals surface area (Å²) in [5, 5.41) is 3.35. The van der Waals surface area contributed by atoms with Crippen molar-refractivity contribution in [3.05, 3.63) is 29.3 Å². The fourth-order valence-corrected chi connectivity index (χ4v) is 2.22. The summed E-state index contributed by atoms with van der Waals surface area (Å²) in [7, 11) is 0. The van der Waals surface area contributed by atoms with Crippen molar-refractivity contribution < 1.29 is 9.53 Å². The van der Waals surface area contributed by atoms with Gasteiger partial charge in [-0.25, -0.2) is 0 Å².